The highest BCUT2D eigenvalue weighted by molar-refractivity contribution is 7.07. The molecule has 0 amide bonds. The summed E-state index contributed by atoms with van der Waals surface area (Å²) in [5.74, 6) is -0.915. The number of para-hydroxylation sites is 1. The first-order valence-corrected chi connectivity index (χ1v) is 13.0. The van der Waals surface area contributed by atoms with Crippen LogP contribution in [-0.4, -0.2) is 29.2 Å². The fourth-order valence-corrected chi connectivity index (χ4v) is 5.50. The first kappa shape index (κ1) is 26.6. The topological polar surface area (TPSA) is 136 Å². The van der Waals surface area contributed by atoms with Gasteiger partial charge in [0.1, 0.15) is 5.75 Å². The Kier molecular flexibility index (Phi) is 7.30. The van der Waals surface area contributed by atoms with Gasteiger partial charge in [-0.1, -0.05) is 65.9 Å². The third-order valence-corrected chi connectivity index (χ3v) is 7.27. The monoisotopic (exact) mass is 556 g/mol. The SMILES string of the molecule is CCOC(=O)C1=C(c2ccccc2)N=c2s/c(=C/c3cccc([N+](=O)[O-])c3[O-])c(=O)n2[C@@H]1c1cccc(OC)c1. The third-order valence-electron chi connectivity index (χ3n) is 6.29. The second-order valence-corrected chi connectivity index (χ2v) is 9.67. The van der Waals surface area contributed by atoms with E-state index in [2.05, 4.69) is 0 Å². The first-order valence-electron chi connectivity index (χ1n) is 12.2. The molecule has 3 aromatic carbocycles. The molecule has 11 heteroatoms. The molecule has 5 rings (SSSR count). The zero-order valence-electron chi connectivity index (χ0n) is 21.4. The number of thiazole rings is 1. The Labute approximate surface area is 231 Å². The van der Waals surface area contributed by atoms with E-state index in [0.29, 0.717) is 22.6 Å². The Hall–Kier alpha value is -5.03. The Morgan fingerprint density at radius 1 is 1.12 bits per heavy atom. The maximum absolute atomic E-state index is 13.9. The predicted octanol–water partition coefficient (Wildman–Crippen LogP) is 2.93. The van der Waals surface area contributed by atoms with Crippen molar-refractivity contribution in [3.05, 3.63) is 125 Å². The molecule has 1 aromatic heterocycles. The minimum atomic E-state index is -0.931. The van der Waals surface area contributed by atoms with Crippen LogP contribution in [0.1, 0.15) is 29.7 Å². The van der Waals surface area contributed by atoms with Crippen LogP contribution in [-0.2, 0) is 9.53 Å². The van der Waals surface area contributed by atoms with E-state index >= 15 is 0 Å². The molecule has 202 valence electrons. The number of hydrogen-bond donors (Lipinski definition) is 0. The number of nitro benzene ring substituents is 1. The quantitative estimate of drug-likeness (QED) is 0.194. The number of aromatic nitrogens is 1. The van der Waals surface area contributed by atoms with Gasteiger partial charge in [0.2, 0.25) is 0 Å². The lowest BCUT2D eigenvalue weighted by molar-refractivity contribution is -0.398. The van der Waals surface area contributed by atoms with Crippen LogP contribution in [0.25, 0.3) is 11.8 Å². The van der Waals surface area contributed by atoms with Gasteiger partial charge in [-0.05, 0) is 42.0 Å². The Bertz CT molecular complexity index is 1840. The van der Waals surface area contributed by atoms with Crippen molar-refractivity contribution >= 4 is 34.8 Å². The standard InChI is InChI=1S/C29H23N3O7S/c1-3-39-28(35)23-24(17-9-5-4-6-10-17)30-29-31(25(23)18-11-7-13-20(15-18)38-2)27(34)22(40-29)16-19-12-8-14-21(26(19)33)32(36)37/h4-16,25,33H,3H2,1-2H3/p-1/b22-16+/t25-/m1/s1. The number of carbonyl (C=O) groups is 1. The average Bonchev–Trinajstić information content (AvgIpc) is 3.28. The van der Waals surface area contributed by atoms with E-state index in [4.69, 9.17) is 14.5 Å². The molecule has 1 atom stereocenters. The van der Waals surface area contributed by atoms with Crippen molar-refractivity contribution in [3.8, 4) is 11.5 Å². The highest BCUT2D eigenvalue weighted by Gasteiger charge is 2.35. The van der Waals surface area contributed by atoms with Crippen molar-refractivity contribution in [1.29, 1.82) is 0 Å². The summed E-state index contributed by atoms with van der Waals surface area (Å²) in [6.45, 7) is 1.80. The third kappa shape index (κ3) is 4.78. The molecule has 4 aromatic rings. The van der Waals surface area contributed by atoms with Crippen LogP contribution in [0, 0.1) is 10.1 Å². The molecule has 0 radical (unpaired) electrons. The van der Waals surface area contributed by atoms with Crippen LogP contribution < -0.4 is 24.7 Å². The number of methoxy groups -OCH3 is 1. The van der Waals surface area contributed by atoms with Gasteiger partial charge in [-0.2, -0.15) is 0 Å². The number of nitrogens with zero attached hydrogens (tertiary/aromatic N) is 3. The summed E-state index contributed by atoms with van der Waals surface area (Å²) < 4.78 is 12.4. The molecule has 10 nitrogen and oxygen atoms in total. The average molecular weight is 557 g/mol. The number of hydrogen-bond acceptors (Lipinski definition) is 9. The van der Waals surface area contributed by atoms with Crippen LogP contribution in [0.4, 0.5) is 5.69 Å². The lowest BCUT2D eigenvalue weighted by Crippen LogP contribution is -2.40. The zero-order valence-corrected chi connectivity index (χ0v) is 22.2. The molecule has 0 unspecified atom stereocenters. The highest BCUT2D eigenvalue weighted by atomic mass is 32.1. The molecule has 0 fully saturated rings. The van der Waals surface area contributed by atoms with E-state index in [9.17, 15) is 24.8 Å². The number of nitro groups is 1. The van der Waals surface area contributed by atoms with Gasteiger partial charge in [0.05, 0.1) is 40.5 Å². The van der Waals surface area contributed by atoms with Gasteiger partial charge in [-0.15, -0.1) is 0 Å². The number of rotatable bonds is 7. The molecular formula is C29H22N3O7S-. The zero-order chi connectivity index (χ0) is 28.4. The summed E-state index contributed by atoms with van der Waals surface area (Å²) in [6.07, 6.45) is 1.32. The molecule has 2 heterocycles. The maximum Gasteiger partial charge on any atom is 0.338 e. The molecule has 0 saturated carbocycles. The van der Waals surface area contributed by atoms with Gasteiger partial charge in [0.25, 0.3) is 11.2 Å². The van der Waals surface area contributed by atoms with Crippen LogP contribution in [0.15, 0.2) is 88.2 Å². The van der Waals surface area contributed by atoms with Crippen LogP contribution in [0.3, 0.4) is 0 Å². The van der Waals surface area contributed by atoms with E-state index in [-0.39, 0.29) is 27.1 Å². The summed E-state index contributed by atoms with van der Waals surface area (Å²) >= 11 is 1.02. The lowest BCUT2D eigenvalue weighted by Gasteiger charge is -2.26. The second kappa shape index (κ2) is 11.0. The number of carbonyl (C=O) groups excluding carboxylic acids is 1. The van der Waals surface area contributed by atoms with E-state index in [0.717, 1.165) is 17.4 Å². The van der Waals surface area contributed by atoms with Crippen molar-refractivity contribution < 1.29 is 24.3 Å². The summed E-state index contributed by atoms with van der Waals surface area (Å²) in [4.78, 5) is 42.9. The van der Waals surface area contributed by atoms with E-state index in [1.807, 2.05) is 30.3 Å². The molecule has 0 spiro atoms. The number of esters is 1. The number of ether oxygens (including phenoxy) is 2. The van der Waals surface area contributed by atoms with Crippen LogP contribution in [0.2, 0.25) is 0 Å². The Morgan fingerprint density at radius 3 is 2.58 bits per heavy atom. The molecule has 0 aliphatic carbocycles. The van der Waals surface area contributed by atoms with Gasteiger partial charge in [0.15, 0.2) is 4.80 Å². The molecule has 0 N–H and O–H groups in total. The Balaban J connectivity index is 1.84. The van der Waals surface area contributed by atoms with Crippen molar-refractivity contribution in [1.82, 2.24) is 4.57 Å². The summed E-state index contributed by atoms with van der Waals surface area (Å²) in [5, 5.41) is 24.0. The molecule has 0 bridgehead atoms. The van der Waals surface area contributed by atoms with Gasteiger partial charge < -0.3 is 14.6 Å². The lowest BCUT2D eigenvalue weighted by atomic mass is 9.93. The molecule has 0 saturated heterocycles. The number of fused-ring (bicyclic) bond motifs is 1. The largest absolute Gasteiger partial charge is 0.867 e. The van der Waals surface area contributed by atoms with Gasteiger partial charge in [0, 0.05) is 11.6 Å². The van der Waals surface area contributed by atoms with E-state index in [1.54, 1.807) is 31.2 Å². The molecular weight excluding hydrogens is 534 g/mol. The summed E-state index contributed by atoms with van der Waals surface area (Å²) in [7, 11) is 1.52. The van der Waals surface area contributed by atoms with Gasteiger partial charge >= 0.3 is 5.97 Å². The van der Waals surface area contributed by atoms with Crippen LogP contribution >= 0.6 is 11.3 Å². The van der Waals surface area contributed by atoms with E-state index < -0.39 is 33.9 Å². The summed E-state index contributed by atoms with van der Waals surface area (Å²) in [5.41, 5.74) is 0.628. The maximum atomic E-state index is 13.9. The number of benzene rings is 3. The Morgan fingerprint density at radius 2 is 1.88 bits per heavy atom. The van der Waals surface area contributed by atoms with Crippen LogP contribution in [0.5, 0.6) is 11.5 Å². The molecule has 1 aliphatic heterocycles. The van der Waals surface area contributed by atoms with Crippen molar-refractivity contribution in [3.63, 3.8) is 0 Å². The fourth-order valence-electron chi connectivity index (χ4n) is 4.51. The van der Waals surface area contributed by atoms with Gasteiger partial charge in [-0.25, -0.2) is 9.79 Å². The van der Waals surface area contributed by atoms with Crippen molar-refractivity contribution in [2.45, 2.75) is 13.0 Å². The predicted molar refractivity (Wildman–Crippen MR) is 147 cm³/mol. The van der Waals surface area contributed by atoms with E-state index in [1.165, 1.54) is 29.9 Å². The molecule has 40 heavy (non-hydrogen) atoms. The second-order valence-electron chi connectivity index (χ2n) is 8.66. The first-order chi connectivity index (χ1) is 19.3. The van der Waals surface area contributed by atoms with Crippen molar-refractivity contribution in [2.75, 3.05) is 13.7 Å². The molecule has 1 aliphatic rings. The minimum absolute atomic E-state index is 0.00899. The van der Waals surface area contributed by atoms with Gasteiger partial charge in [-0.3, -0.25) is 19.5 Å². The van der Waals surface area contributed by atoms with Crippen molar-refractivity contribution in [2.24, 2.45) is 4.99 Å². The highest BCUT2D eigenvalue weighted by Crippen LogP contribution is 2.36. The summed E-state index contributed by atoms with van der Waals surface area (Å²) in [6, 6.07) is 19.1. The normalized spacial score (nSPS) is 14.8. The smallest absolute Gasteiger partial charge is 0.338 e. The minimum Gasteiger partial charge on any atom is -0.867 e. The fraction of sp³-hybridized carbons (Fsp3) is 0.138.